The molecule has 1 atom stereocenters. The first-order valence-electron chi connectivity index (χ1n) is 6.93. The highest BCUT2D eigenvalue weighted by molar-refractivity contribution is 5.37. The van der Waals surface area contributed by atoms with Gasteiger partial charge < -0.3 is 0 Å². The van der Waals surface area contributed by atoms with Gasteiger partial charge in [-0.2, -0.15) is 0 Å². The predicted molar refractivity (Wildman–Crippen MR) is 71.0 cm³/mol. The molecule has 16 heavy (non-hydrogen) atoms. The Morgan fingerprint density at radius 1 is 1.19 bits per heavy atom. The number of benzene rings is 1. The van der Waals surface area contributed by atoms with Gasteiger partial charge in [0.1, 0.15) is 0 Å². The molecule has 0 saturated heterocycles. The van der Waals surface area contributed by atoms with E-state index in [1.54, 1.807) is 16.7 Å². The van der Waals surface area contributed by atoms with E-state index in [-0.39, 0.29) is 0 Å². The molecule has 0 heteroatoms. The van der Waals surface area contributed by atoms with Crippen molar-refractivity contribution in [2.24, 2.45) is 0 Å². The zero-order valence-corrected chi connectivity index (χ0v) is 10.8. The Balaban J connectivity index is 1.92. The molecule has 0 radical (unpaired) electrons. The number of hydrogen-bond donors (Lipinski definition) is 0. The molecule has 1 aromatic carbocycles. The second-order valence-electron chi connectivity index (χ2n) is 5.28. The van der Waals surface area contributed by atoms with Crippen LogP contribution >= 0.6 is 0 Å². The van der Waals surface area contributed by atoms with Gasteiger partial charge in [-0.05, 0) is 48.3 Å². The van der Waals surface area contributed by atoms with E-state index in [0.29, 0.717) is 0 Å². The van der Waals surface area contributed by atoms with Gasteiger partial charge in [-0.1, -0.05) is 51.3 Å². The molecule has 0 spiro atoms. The molecule has 0 saturated carbocycles. The van der Waals surface area contributed by atoms with Gasteiger partial charge in [0.2, 0.25) is 0 Å². The normalized spacial score (nSPS) is 18.8. The van der Waals surface area contributed by atoms with E-state index in [9.17, 15) is 0 Å². The van der Waals surface area contributed by atoms with Crippen LogP contribution in [0.4, 0.5) is 0 Å². The van der Waals surface area contributed by atoms with Crippen molar-refractivity contribution in [1.82, 2.24) is 0 Å². The van der Waals surface area contributed by atoms with E-state index in [1.807, 2.05) is 0 Å². The van der Waals surface area contributed by atoms with Crippen molar-refractivity contribution < 1.29 is 0 Å². The van der Waals surface area contributed by atoms with Crippen LogP contribution < -0.4 is 0 Å². The zero-order valence-electron chi connectivity index (χ0n) is 10.8. The van der Waals surface area contributed by atoms with Crippen LogP contribution in [0.5, 0.6) is 0 Å². The quantitative estimate of drug-likeness (QED) is 0.617. The van der Waals surface area contributed by atoms with E-state index in [0.717, 1.165) is 5.92 Å². The largest absolute Gasteiger partial charge is 0.0654 e. The highest BCUT2D eigenvalue weighted by Gasteiger charge is 2.17. The summed E-state index contributed by atoms with van der Waals surface area (Å²) >= 11 is 0. The maximum absolute atomic E-state index is 2.46. The molecule has 1 aliphatic rings. The van der Waals surface area contributed by atoms with Gasteiger partial charge in [-0.25, -0.2) is 0 Å². The maximum Gasteiger partial charge on any atom is -0.0184 e. The average Bonchev–Trinajstić information content (AvgIpc) is 2.66. The topological polar surface area (TPSA) is 0 Å². The number of aryl methyl sites for hydroxylation is 2. The number of hydrogen-bond acceptors (Lipinski definition) is 0. The fraction of sp³-hybridized carbons (Fsp3) is 0.625. The van der Waals surface area contributed by atoms with Gasteiger partial charge >= 0.3 is 0 Å². The molecule has 1 unspecified atom stereocenters. The molecule has 1 aliphatic carbocycles. The second kappa shape index (κ2) is 5.52. The molecule has 88 valence electrons. The number of unbranched alkanes of at least 4 members (excludes halogenated alkanes) is 3. The Bertz CT molecular complexity index is 338. The van der Waals surface area contributed by atoms with Gasteiger partial charge in [-0.3, -0.25) is 0 Å². The molecule has 0 aromatic heterocycles. The Morgan fingerprint density at radius 2 is 2.06 bits per heavy atom. The fourth-order valence-electron chi connectivity index (χ4n) is 2.80. The number of fused-ring (bicyclic) bond motifs is 1. The maximum atomic E-state index is 2.46. The van der Waals surface area contributed by atoms with E-state index in [4.69, 9.17) is 0 Å². The van der Waals surface area contributed by atoms with Gasteiger partial charge in [0, 0.05) is 0 Å². The minimum Gasteiger partial charge on any atom is -0.0654 e. The first kappa shape index (κ1) is 11.7. The van der Waals surface area contributed by atoms with Crippen molar-refractivity contribution >= 4 is 0 Å². The SMILES string of the molecule is CCCCCCc1ccc2c(c1)CCC2C. The van der Waals surface area contributed by atoms with Crippen LogP contribution in [0.15, 0.2) is 18.2 Å². The molecule has 0 heterocycles. The van der Waals surface area contributed by atoms with Crippen molar-refractivity contribution in [2.45, 2.75) is 64.7 Å². The highest BCUT2D eigenvalue weighted by Crippen LogP contribution is 2.33. The summed E-state index contributed by atoms with van der Waals surface area (Å²) in [5.41, 5.74) is 4.79. The molecule has 2 rings (SSSR count). The van der Waals surface area contributed by atoms with Crippen LogP contribution in [0, 0.1) is 0 Å². The van der Waals surface area contributed by atoms with Crippen molar-refractivity contribution in [3.63, 3.8) is 0 Å². The van der Waals surface area contributed by atoms with Crippen molar-refractivity contribution in [1.29, 1.82) is 0 Å². The smallest absolute Gasteiger partial charge is 0.0184 e. The average molecular weight is 216 g/mol. The zero-order chi connectivity index (χ0) is 11.4. The molecule has 1 aromatic rings. The van der Waals surface area contributed by atoms with Crippen molar-refractivity contribution in [3.05, 3.63) is 34.9 Å². The Morgan fingerprint density at radius 3 is 2.88 bits per heavy atom. The van der Waals surface area contributed by atoms with Crippen molar-refractivity contribution in [2.75, 3.05) is 0 Å². The summed E-state index contributed by atoms with van der Waals surface area (Å²) in [4.78, 5) is 0. The van der Waals surface area contributed by atoms with Gasteiger partial charge in [0.05, 0.1) is 0 Å². The van der Waals surface area contributed by atoms with Crippen LogP contribution in [-0.4, -0.2) is 0 Å². The van der Waals surface area contributed by atoms with Gasteiger partial charge in [0.25, 0.3) is 0 Å². The van der Waals surface area contributed by atoms with Crippen LogP contribution in [-0.2, 0) is 12.8 Å². The summed E-state index contributed by atoms with van der Waals surface area (Å²) in [6.45, 7) is 4.63. The van der Waals surface area contributed by atoms with Crippen LogP contribution in [0.2, 0.25) is 0 Å². The minimum atomic E-state index is 0.796. The molecule has 0 aliphatic heterocycles. The van der Waals surface area contributed by atoms with Gasteiger partial charge in [-0.15, -0.1) is 0 Å². The molecule has 0 nitrogen and oxygen atoms in total. The third-order valence-corrected chi connectivity index (χ3v) is 3.90. The third kappa shape index (κ3) is 2.66. The summed E-state index contributed by atoms with van der Waals surface area (Å²) in [6.07, 6.45) is 9.42. The third-order valence-electron chi connectivity index (χ3n) is 3.90. The lowest BCUT2D eigenvalue weighted by Gasteiger charge is -2.07. The lowest BCUT2D eigenvalue weighted by Crippen LogP contribution is -1.91. The number of rotatable bonds is 5. The first-order valence-corrected chi connectivity index (χ1v) is 6.93. The molecular formula is C16H24. The summed E-state index contributed by atoms with van der Waals surface area (Å²) in [5.74, 6) is 0.796. The van der Waals surface area contributed by atoms with Crippen molar-refractivity contribution in [3.8, 4) is 0 Å². The molecule has 0 bridgehead atoms. The predicted octanol–water partition coefficient (Wildman–Crippen LogP) is 4.86. The van der Waals surface area contributed by atoms with Gasteiger partial charge in [0.15, 0.2) is 0 Å². The molecule has 0 fully saturated rings. The van der Waals surface area contributed by atoms with Crippen LogP contribution in [0.3, 0.4) is 0 Å². The van der Waals surface area contributed by atoms with E-state index in [1.165, 1.54) is 44.9 Å². The summed E-state index contributed by atoms with van der Waals surface area (Å²) in [7, 11) is 0. The van der Waals surface area contributed by atoms with E-state index >= 15 is 0 Å². The first-order chi connectivity index (χ1) is 7.81. The summed E-state index contributed by atoms with van der Waals surface area (Å²) in [6, 6.07) is 7.19. The highest BCUT2D eigenvalue weighted by atomic mass is 14.2. The Hall–Kier alpha value is -0.780. The Kier molecular flexibility index (Phi) is 4.04. The lowest BCUT2D eigenvalue weighted by atomic mass is 9.99. The van der Waals surface area contributed by atoms with E-state index in [2.05, 4.69) is 32.0 Å². The second-order valence-corrected chi connectivity index (χ2v) is 5.28. The monoisotopic (exact) mass is 216 g/mol. The molecule has 0 N–H and O–H groups in total. The summed E-state index contributed by atoms with van der Waals surface area (Å²) in [5, 5.41) is 0. The minimum absolute atomic E-state index is 0.796. The molecule has 0 amide bonds. The summed E-state index contributed by atoms with van der Waals surface area (Å²) < 4.78 is 0. The standard InChI is InChI=1S/C16H24/c1-3-4-5-6-7-14-9-11-16-13(2)8-10-15(16)12-14/h9,11-13H,3-8,10H2,1-2H3. The Labute approximate surface area is 100 Å². The van der Waals surface area contributed by atoms with Crippen LogP contribution in [0.1, 0.15) is 68.6 Å². The van der Waals surface area contributed by atoms with Crippen LogP contribution in [0.25, 0.3) is 0 Å². The van der Waals surface area contributed by atoms with E-state index < -0.39 is 0 Å². The molecular weight excluding hydrogens is 192 g/mol. The fourth-order valence-corrected chi connectivity index (χ4v) is 2.80. The lowest BCUT2D eigenvalue weighted by molar-refractivity contribution is 0.666.